The zero-order valence-corrected chi connectivity index (χ0v) is 22.0. The second kappa shape index (κ2) is 9.43. The van der Waals surface area contributed by atoms with Crippen molar-refractivity contribution in [2.45, 2.75) is 69.4 Å². The number of anilines is 1. The Balaban J connectivity index is 1.33. The average Bonchev–Trinajstić information content (AvgIpc) is 3.58. The predicted octanol–water partition coefficient (Wildman–Crippen LogP) is 5.76. The number of amides is 1. The molecule has 3 heterocycles. The molecule has 1 aromatic heterocycles. The Labute approximate surface area is 224 Å². The summed E-state index contributed by atoms with van der Waals surface area (Å²) in [6.45, 7) is 2.29. The third-order valence-corrected chi connectivity index (χ3v) is 8.94. The van der Waals surface area contributed by atoms with Crippen LogP contribution in [0.2, 0.25) is 0 Å². The molecular formula is C29H31F4N5O. The number of hydrogen-bond donors (Lipinski definition) is 0. The standard InChI is InChI=1S/C29H31F4N5O/c1-18(37-10-7-21(30)15-37)19-11-23-24(25(12-19)29(31,32)33)16-38(27(23)39)22-6-3-5-20(13-22)28(8-4-9-28)14-26-35-34-17-36(26)2/h3,5-6,11-13,17-18,21H,4,7-10,14-16H2,1-2H3/t18-,21-/m0/s1. The van der Waals surface area contributed by atoms with Gasteiger partial charge in [-0.3, -0.25) is 9.69 Å². The van der Waals surface area contributed by atoms with Crippen LogP contribution in [0.25, 0.3) is 0 Å². The fraction of sp³-hybridized carbons (Fsp3) is 0.483. The van der Waals surface area contributed by atoms with Crippen LogP contribution >= 0.6 is 0 Å². The number of nitrogens with zero attached hydrogens (tertiary/aromatic N) is 5. The lowest BCUT2D eigenvalue weighted by Crippen LogP contribution is -2.37. The summed E-state index contributed by atoms with van der Waals surface area (Å²) < 4.78 is 58.5. The Hall–Kier alpha value is -3.27. The summed E-state index contributed by atoms with van der Waals surface area (Å²) in [5, 5.41) is 8.25. The molecule has 6 nitrogen and oxygen atoms in total. The number of hydrogen-bond acceptors (Lipinski definition) is 4. The van der Waals surface area contributed by atoms with Crippen molar-refractivity contribution in [3.05, 3.63) is 76.4 Å². The van der Waals surface area contributed by atoms with E-state index < -0.39 is 29.9 Å². The van der Waals surface area contributed by atoms with E-state index in [0.29, 0.717) is 30.6 Å². The number of aryl methyl sites for hydroxylation is 1. The van der Waals surface area contributed by atoms with Crippen molar-refractivity contribution in [3.8, 4) is 0 Å². The third kappa shape index (κ3) is 4.52. The Kier molecular flexibility index (Phi) is 6.28. The lowest BCUT2D eigenvalue weighted by molar-refractivity contribution is -0.138. The maximum Gasteiger partial charge on any atom is 0.416 e. The van der Waals surface area contributed by atoms with Crippen molar-refractivity contribution in [1.29, 1.82) is 0 Å². The van der Waals surface area contributed by atoms with E-state index in [4.69, 9.17) is 0 Å². The molecular weight excluding hydrogens is 510 g/mol. The molecule has 6 rings (SSSR count). The van der Waals surface area contributed by atoms with Gasteiger partial charge in [0.1, 0.15) is 18.3 Å². The molecule has 2 atom stereocenters. The van der Waals surface area contributed by atoms with Crippen molar-refractivity contribution in [2.24, 2.45) is 7.05 Å². The molecule has 1 amide bonds. The number of carbonyl (C=O) groups is 1. The molecule has 3 aliphatic rings. The van der Waals surface area contributed by atoms with Gasteiger partial charge in [0.05, 0.1) is 12.1 Å². The molecule has 0 N–H and O–H groups in total. The highest BCUT2D eigenvalue weighted by molar-refractivity contribution is 6.10. The van der Waals surface area contributed by atoms with Crippen molar-refractivity contribution >= 4 is 11.6 Å². The van der Waals surface area contributed by atoms with Crippen molar-refractivity contribution in [3.63, 3.8) is 0 Å². The van der Waals surface area contributed by atoms with Gasteiger partial charge in [-0.05, 0) is 67.1 Å². The number of fused-ring (bicyclic) bond motifs is 1. The molecule has 1 saturated carbocycles. The van der Waals surface area contributed by atoms with E-state index in [2.05, 4.69) is 10.2 Å². The summed E-state index contributed by atoms with van der Waals surface area (Å²) in [5.74, 6) is 0.431. The van der Waals surface area contributed by atoms with E-state index in [-0.39, 0.29) is 29.6 Å². The molecule has 0 radical (unpaired) electrons. The van der Waals surface area contributed by atoms with Crippen LogP contribution in [0.15, 0.2) is 42.7 Å². The number of alkyl halides is 4. The van der Waals surface area contributed by atoms with E-state index in [0.717, 1.165) is 36.7 Å². The first-order chi connectivity index (χ1) is 18.6. The summed E-state index contributed by atoms with van der Waals surface area (Å²) in [5.41, 5.74) is 1.16. The Bertz CT molecular complexity index is 1410. The Morgan fingerprint density at radius 2 is 1.97 bits per heavy atom. The number of carbonyl (C=O) groups excluding carboxylic acids is 1. The van der Waals surface area contributed by atoms with Gasteiger partial charge in [0.15, 0.2) is 0 Å². The first-order valence-electron chi connectivity index (χ1n) is 13.4. The summed E-state index contributed by atoms with van der Waals surface area (Å²) in [4.78, 5) is 16.9. The number of likely N-dealkylation sites (tertiary alicyclic amines) is 1. The number of benzene rings is 2. The fourth-order valence-corrected chi connectivity index (χ4v) is 6.38. The SMILES string of the molecule is C[C@@H](c1cc2c(c(C(F)(F)F)c1)CN(c1cccc(C3(Cc4nncn4C)CCC3)c1)C2=O)N1CC[C@H](F)C1. The second-order valence-electron chi connectivity index (χ2n) is 11.3. The summed E-state index contributed by atoms with van der Waals surface area (Å²) >= 11 is 0. The molecule has 2 aliphatic heterocycles. The number of aromatic nitrogens is 3. The molecule has 1 saturated heterocycles. The van der Waals surface area contributed by atoms with Gasteiger partial charge in [-0.2, -0.15) is 13.2 Å². The molecule has 0 spiro atoms. The first-order valence-corrected chi connectivity index (χ1v) is 13.4. The van der Waals surface area contributed by atoms with Crippen LogP contribution in [0.3, 0.4) is 0 Å². The van der Waals surface area contributed by atoms with Gasteiger partial charge < -0.3 is 9.47 Å². The fourth-order valence-electron chi connectivity index (χ4n) is 6.38. The second-order valence-corrected chi connectivity index (χ2v) is 11.3. The number of halogens is 4. The summed E-state index contributed by atoms with van der Waals surface area (Å²) in [6.07, 6.45) is 0.149. The average molecular weight is 542 g/mol. The van der Waals surface area contributed by atoms with Crippen molar-refractivity contribution in [1.82, 2.24) is 19.7 Å². The highest BCUT2D eigenvalue weighted by Crippen LogP contribution is 2.47. The van der Waals surface area contributed by atoms with Crippen LogP contribution in [0.1, 0.15) is 77.1 Å². The zero-order chi connectivity index (χ0) is 27.5. The van der Waals surface area contributed by atoms with Crippen LogP contribution in [0.5, 0.6) is 0 Å². The lowest BCUT2D eigenvalue weighted by Gasteiger charge is -2.42. The normalized spacial score (nSPS) is 21.7. The van der Waals surface area contributed by atoms with Gasteiger partial charge in [0.2, 0.25) is 0 Å². The third-order valence-electron chi connectivity index (χ3n) is 8.94. The van der Waals surface area contributed by atoms with Crippen LogP contribution in [-0.4, -0.2) is 44.8 Å². The molecule has 2 aromatic carbocycles. The molecule has 1 aliphatic carbocycles. The largest absolute Gasteiger partial charge is 0.416 e. The molecule has 0 unspecified atom stereocenters. The molecule has 206 valence electrons. The van der Waals surface area contributed by atoms with Gasteiger partial charge in [0, 0.05) is 49.3 Å². The van der Waals surface area contributed by atoms with Gasteiger partial charge >= 0.3 is 6.18 Å². The van der Waals surface area contributed by atoms with Crippen molar-refractivity contribution < 1.29 is 22.4 Å². The van der Waals surface area contributed by atoms with Crippen LogP contribution in [0.4, 0.5) is 23.2 Å². The smallest absolute Gasteiger partial charge is 0.321 e. The van der Waals surface area contributed by atoms with E-state index >= 15 is 0 Å². The molecule has 2 fully saturated rings. The van der Waals surface area contributed by atoms with Crippen LogP contribution < -0.4 is 4.90 Å². The maximum absolute atomic E-state index is 14.3. The van der Waals surface area contributed by atoms with E-state index in [1.54, 1.807) is 25.4 Å². The first kappa shape index (κ1) is 26.0. The molecule has 3 aromatic rings. The summed E-state index contributed by atoms with van der Waals surface area (Å²) in [6, 6.07) is 9.92. The Morgan fingerprint density at radius 3 is 2.59 bits per heavy atom. The minimum Gasteiger partial charge on any atom is -0.321 e. The lowest BCUT2D eigenvalue weighted by atomic mass is 9.62. The predicted molar refractivity (Wildman–Crippen MR) is 138 cm³/mol. The van der Waals surface area contributed by atoms with Gasteiger partial charge in [0.25, 0.3) is 5.91 Å². The van der Waals surface area contributed by atoms with E-state index in [1.165, 1.54) is 4.90 Å². The van der Waals surface area contributed by atoms with E-state index in [9.17, 15) is 22.4 Å². The number of rotatable bonds is 6. The van der Waals surface area contributed by atoms with Crippen LogP contribution in [0, 0.1) is 0 Å². The van der Waals surface area contributed by atoms with Crippen LogP contribution in [-0.2, 0) is 31.6 Å². The zero-order valence-electron chi connectivity index (χ0n) is 22.0. The quantitative estimate of drug-likeness (QED) is 0.372. The van der Waals surface area contributed by atoms with Gasteiger partial charge in [-0.15, -0.1) is 10.2 Å². The van der Waals surface area contributed by atoms with Crippen molar-refractivity contribution in [2.75, 3.05) is 18.0 Å². The summed E-state index contributed by atoms with van der Waals surface area (Å²) in [7, 11) is 1.91. The molecule has 0 bridgehead atoms. The minimum absolute atomic E-state index is 0.00362. The van der Waals surface area contributed by atoms with E-state index in [1.807, 2.05) is 34.7 Å². The highest BCUT2D eigenvalue weighted by Gasteiger charge is 2.43. The molecule has 39 heavy (non-hydrogen) atoms. The Morgan fingerprint density at radius 1 is 1.18 bits per heavy atom. The maximum atomic E-state index is 14.3. The monoisotopic (exact) mass is 541 g/mol. The molecule has 10 heteroatoms. The highest BCUT2D eigenvalue weighted by atomic mass is 19.4. The topological polar surface area (TPSA) is 54.3 Å². The van der Waals surface area contributed by atoms with Gasteiger partial charge in [-0.25, -0.2) is 4.39 Å². The minimum atomic E-state index is -4.61. The van der Waals surface area contributed by atoms with Gasteiger partial charge in [-0.1, -0.05) is 18.6 Å².